The Morgan fingerprint density at radius 2 is 1.90 bits per heavy atom. The van der Waals surface area contributed by atoms with E-state index in [0.29, 0.717) is 12.6 Å². The molecule has 0 saturated carbocycles. The fourth-order valence-corrected chi connectivity index (χ4v) is 3.46. The molecular formula is C16H31N3O2. The fraction of sp³-hybridized carbons (Fsp3) is 0.938. The fourth-order valence-electron chi connectivity index (χ4n) is 3.46. The first-order valence-corrected chi connectivity index (χ1v) is 8.32. The lowest BCUT2D eigenvalue weighted by atomic mass is 10.0. The number of piperidine rings is 1. The second-order valence-electron chi connectivity index (χ2n) is 6.61. The lowest BCUT2D eigenvalue weighted by Gasteiger charge is -2.40. The Balaban J connectivity index is 1.74. The van der Waals surface area contributed by atoms with Gasteiger partial charge in [-0.1, -0.05) is 13.3 Å². The van der Waals surface area contributed by atoms with Crippen LogP contribution >= 0.6 is 0 Å². The molecule has 0 spiro atoms. The van der Waals surface area contributed by atoms with Crippen molar-refractivity contribution in [1.29, 1.82) is 0 Å². The normalized spacial score (nSPS) is 26.8. The Labute approximate surface area is 129 Å². The van der Waals surface area contributed by atoms with E-state index in [1.54, 1.807) is 7.11 Å². The number of methoxy groups -OCH3 is 1. The molecule has 2 aliphatic rings. The topological polar surface area (TPSA) is 36.0 Å². The van der Waals surface area contributed by atoms with Crippen LogP contribution in [0.4, 0.5) is 0 Å². The Bertz CT molecular complexity index is 329. The van der Waals surface area contributed by atoms with Gasteiger partial charge >= 0.3 is 0 Å². The number of piperazine rings is 1. The molecule has 0 aromatic carbocycles. The number of carbonyl (C=O) groups excluding carboxylic acids is 1. The summed E-state index contributed by atoms with van der Waals surface area (Å²) in [4.78, 5) is 19.3. The minimum atomic E-state index is -0.0222. The number of hydrogen-bond acceptors (Lipinski definition) is 4. The summed E-state index contributed by atoms with van der Waals surface area (Å²) in [5, 5.41) is 0. The van der Waals surface area contributed by atoms with E-state index in [-0.39, 0.29) is 11.8 Å². The summed E-state index contributed by atoms with van der Waals surface area (Å²) in [6.45, 7) is 8.61. The monoisotopic (exact) mass is 297 g/mol. The molecule has 2 fully saturated rings. The Morgan fingerprint density at radius 1 is 1.19 bits per heavy atom. The maximum atomic E-state index is 12.3. The van der Waals surface area contributed by atoms with Gasteiger partial charge in [-0.25, -0.2) is 0 Å². The average Bonchev–Trinajstić information content (AvgIpc) is 2.50. The smallest absolute Gasteiger partial charge is 0.227 e. The summed E-state index contributed by atoms with van der Waals surface area (Å²) in [7, 11) is 3.90. The standard InChI is InChI=1S/C16H31N3O2/c1-14(13-21-3)16(20)19-10-8-18(9-11-19)12-15-6-4-5-7-17(15)2/h14-15H,4-13H2,1-3H3/t14-,15+/m0/s1. The van der Waals surface area contributed by atoms with Gasteiger partial charge in [-0.05, 0) is 26.4 Å². The van der Waals surface area contributed by atoms with Crippen molar-refractivity contribution < 1.29 is 9.53 Å². The lowest BCUT2D eigenvalue weighted by Crippen LogP contribution is -2.54. The molecule has 2 saturated heterocycles. The van der Waals surface area contributed by atoms with Crippen molar-refractivity contribution in [2.24, 2.45) is 5.92 Å². The summed E-state index contributed by atoms with van der Waals surface area (Å²) in [6, 6.07) is 0.702. The molecule has 1 amide bonds. The van der Waals surface area contributed by atoms with Gasteiger partial charge < -0.3 is 14.5 Å². The van der Waals surface area contributed by atoms with E-state index in [0.717, 1.165) is 32.7 Å². The van der Waals surface area contributed by atoms with Gasteiger partial charge in [0.1, 0.15) is 0 Å². The molecule has 0 radical (unpaired) electrons. The van der Waals surface area contributed by atoms with Gasteiger partial charge in [-0.15, -0.1) is 0 Å². The molecule has 5 heteroatoms. The second-order valence-corrected chi connectivity index (χ2v) is 6.61. The van der Waals surface area contributed by atoms with Crippen molar-refractivity contribution in [2.75, 3.05) is 60.0 Å². The zero-order valence-electron chi connectivity index (χ0n) is 13.9. The van der Waals surface area contributed by atoms with Crippen LogP contribution in [0, 0.1) is 5.92 Å². The van der Waals surface area contributed by atoms with Crippen LogP contribution in [0.5, 0.6) is 0 Å². The number of ether oxygens (including phenoxy) is 1. The van der Waals surface area contributed by atoms with Crippen molar-refractivity contribution in [3.63, 3.8) is 0 Å². The van der Waals surface area contributed by atoms with Crippen molar-refractivity contribution in [1.82, 2.24) is 14.7 Å². The van der Waals surface area contributed by atoms with Gasteiger partial charge in [0.15, 0.2) is 0 Å². The van der Waals surface area contributed by atoms with Gasteiger partial charge in [0.25, 0.3) is 0 Å². The number of rotatable bonds is 5. The van der Waals surface area contributed by atoms with Gasteiger partial charge in [0.05, 0.1) is 12.5 Å². The predicted molar refractivity (Wildman–Crippen MR) is 84.3 cm³/mol. The molecule has 21 heavy (non-hydrogen) atoms. The number of hydrogen-bond donors (Lipinski definition) is 0. The second kappa shape index (κ2) is 8.11. The quantitative estimate of drug-likeness (QED) is 0.755. The van der Waals surface area contributed by atoms with Gasteiger partial charge in [0, 0.05) is 45.9 Å². The first-order valence-electron chi connectivity index (χ1n) is 8.32. The van der Waals surface area contributed by atoms with Crippen LogP contribution in [0.3, 0.4) is 0 Å². The van der Waals surface area contributed by atoms with E-state index in [4.69, 9.17) is 4.74 Å². The molecule has 2 atom stereocenters. The molecule has 5 nitrogen and oxygen atoms in total. The third-order valence-corrected chi connectivity index (χ3v) is 4.91. The molecule has 122 valence electrons. The highest BCUT2D eigenvalue weighted by molar-refractivity contribution is 5.78. The molecular weight excluding hydrogens is 266 g/mol. The van der Waals surface area contributed by atoms with Crippen LogP contribution in [-0.4, -0.2) is 86.7 Å². The molecule has 0 bridgehead atoms. The maximum absolute atomic E-state index is 12.3. The van der Waals surface area contributed by atoms with Crippen molar-refractivity contribution in [2.45, 2.75) is 32.2 Å². The molecule has 2 rings (SSSR count). The number of likely N-dealkylation sites (tertiary alicyclic amines) is 1. The number of nitrogens with zero attached hydrogens (tertiary/aromatic N) is 3. The minimum absolute atomic E-state index is 0.0222. The van der Waals surface area contributed by atoms with Crippen molar-refractivity contribution in [3.05, 3.63) is 0 Å². The van der Waals surface area contributed by atoms with Crippen LogP contribution < -0.4 is 0 Å². The summed E-state index contributed by atoms with van der Waals surface area (Å²) in [5.41, 5.74) is 0. The molecule has 0 unspecified atom stereocenters. The first kappa shape index (κ1) is 16.7. The molecule has 0 aromatic heterocycles. The van der Waals surface area contributed by atoms with E-state index >= 15 is 0 Å². The van der Waals surface area contributed by atoms with Crippen LogP contribution in [-0.2, 0) is 9.53 Å². The van der Waals surface area contributed by atoms with Gasteiger partial charge in [0.2, 0.25) is 5.91 Å². The average molecular weight is 297 g/mol. The third-order valence-electron chi connectivity index (χ3n) is 4.91. The third kappa shape index (κ3) is 4.66. The zero-order chi connectivity index (χ0) is 15.2. The van der Waals surface area contributed by atoms with Crippen LogP contribution in [0.15, 0.2) is 0 Å². The SMILES string of the molecule is COC[C@H](C)C(=O)N1CCN(C[C@H]2CCCCN2C)CC1. The summed E-state index contributed by atoms with van der Waals surface area (Å²) in [5.74, 6) is 0.220. The number of likely N-dealkylation sites (N-methyl/N-ethyl adjacent to an activating group) is 1. The largest absolute Gasteiger partial charge is 0.384 e. The maximum Gasteiger partial charge on any atom is 0.227 e. The van der Waals surface area contributed by atoms with Crippen molar-refractivity contribution in [3.8, 4) is 0 Å². The highest BCUT2D eigenvalue weighted by atomic mass is 16.5. The van der Waals surface area contributed by atoms with E-state index in [9.17, 15) is 4.79 Å². The lowest BCUT2D eigenvalue weighted by molar-refractivity contribution is -0.138. The number of amides is 1. The summed E-state index contributed by atoms with van der Waals surface area (Å²) in [6.07, 6.45) is 4.02. The van der Waals surface area contributed by atoms with Gasteiger partial charge in [-0.2, -0.15) is 0 Å². The van der Waals surface area contributed by atoms with Crippen LogP contribution in [0.2, 0.25) is 0 Å². The predicted octanol–water partition coefficient (Wildman–Crippen LogP) is 0.897. The molecule has 0 aliphatic carbocycles. The zero-order valence-corrected chi connectivity index (χ0v) is 13.9. The van der Waals surface area contributed by atoms with E-state index in [2.05, 4.69) is 16.8 Å². The minimum Gasteiger partial charge on any atom is -0.384 e. The van der Waals surface area contributed by atoms with E-state index in [1.165, 1.54) is 25.8 Å². The van der Waals surface area contributed by atoms with Crippen LogP contribution in [0.1, 0.15) is 26.2 Å². The molecule has 0 aromatic rings. The van der Waals surface area contributed by atoms with E-state index < -0.39 is 0 Å². The molecule has 0 N–H and O–H groups in total. The summed E-state index contributed by atoms with van der Waals surface area (Å²) >= 11 is 0. The molecule has 2 heterocycles. The van der Waals surface area contributed by atoms with E-state index in [1.807, 2.05) is 11.8 Å². The number of carbonyl (C=O) groups is 1. The highest BCUT2D eigenvalue weighted by Crippen LogP contribution is 2.17. The Morgan fingerprint density at radius 3 is 2.52 bits per heavy atom. The van der Waals surface area contributed by atoms with Gasteiger partial charge in [-0.3, -0.25) is 9.69 Å². The molecule has 2 aliphatic heterocycles. The summed E-state index contributed by atoms with van der Waals surface area (Å²) < 4.78 is 5.09. The van der Waals surface area contributed by atoms with Crippen molar-refractivity contribution >= 4 is 5.91 Å². The Kier molecular flexibility index (Phi) is 6.45. The first-order chi connectivity index (χ1) is 10.1. The highest BCUT2D eigenvalue weighted by Gasteiger charge is 2.27. The van der Waals surface area contributed by atoms with Crippen LogP contribution in [0.25, 0.3) is 0 Å². The Hall–Kier alpha value is -0.650.